The van der Waals surface area contributed by atoms with Crippen LogP contribution in [0.25, 0.3) is 0 Å². The zero-order chi connectivity index (χ0) is 17.6. The lowest BCUT2D eigenvalue weighted by Gasteiger charge is -2.23. The van der Waals surface area contributed by atoms with Crippen molar-refractivity contribution >= 4 is 17.5 Å². The summed E-state index contributed by atoms with van der Waals surface area (Å²) in [6.07, 6.45) is 3.33. The molecule has 0 aliphatic carbocycles. The molecule has 2 amide bonds. The summed E-state index contributed by atoms with van der Waals surface area (Å²) in [5, 5.41) is 5.51. The van der Waals surface area contributed by atoms with Crippen LogP contribution >= 0.6 is 0 Å². The summed E-state index contributed by atoms with van der Waals surface area (Å²) in [6, 6.07) is 10.6. The van der Waals surface area contributed by atoms with Gasteiger partial charge in [-0.1, -0.05) is 12.1 Å². The molecule has 2 aromatic rings. The van der Waals surface area contributed by atoms with E-state index >= 15 is 0 Å². The molecule has 1 heterocycles. The van der Waals surface area contributed by atoms with E-state index in [0.29, 0.717) is 18.0 Å². The number of aromatic nitrogens is 1. The zero-order valence-electron chi connectivity index (χ0n) is 14.0. The highest BCUT2D eigenvalue weighted by Gasteiger charge is 2.35. The summed E-state index contributed by atoms with van der Waals surface area (Å²) in [5.41, 5.74) is 0.230. The van der Waals surface area contributed by atoms with Gasteiger partial charge in [-0.05, 0) is 37.6 Å². The highest BCUT2D eigenvalue weighted by Crippen LogP contribution is 2.22. The lowest BCUT2D eigenvalue weighted by Crippen LogP contribution is -2.44. The van der Waals surface area contributed by atoms with Gasteiger partial charge in [0.25, 0.3) is 0 Å². The van der Waals surface area contributed by atoms with Crippen LogP contribution in [0, 0.1) is 5.41 Å². The molecule has 6 heteroatoms. The third-order valence-corrected chi connectivity index (χ3v) is 3.64. The number of ether oxygens (including phenoxy) is 1. The van der Waals surface area contributed by atoms with E-state index in [1.54, 1.807) is 63.7 Å². The molecule has 0 bridgehead atoms. The molecule has 0 saturated carbocycles. The number of carbonyl (C=O) groups is 2. The van der Waals surface area contributed by atoms with Crippen LogP contribution in [-0.2, 0) is 16.1 Å². The normalized spacial score (nSPS) is 10.8. The first-order valence-corrected chi connectivity index (χ1v) is 7.56. The molecule has 1 aromatic carbocycles. The van der Waals surface area contributed by atoms with E-state index in [-0.39, 0.29) is 11.8 Å². The molecule has 6 nitrogen and oxygen atoms in total. The predicted molar refractivity (Wildman–Crippen MR) is 91.5 cm³/mol. The summed E-state index contributed by atoms with van der Waals surface area (Å²) in [4.78, 5) is 28.8. The van der Waals surface area contributed by atoms with Crippen LogP contribution in [0.4, 0.5) is 5.69 Å². The van der Waals surface area contributed by atoms with Crippen molar-refractivity contribution in [1.82, 2.24) is 10.3 Å². The number of rotatable bonds is 6. The third-order valence-electron chi connectivity index (χ3n) is 3.64. The number of carbonyl (C=O) groups excluding carboxylic acids is 2. The van der Waals surface area contributed by atoms with Crippen molar-refractivity contribution in [2.45, 2.75) is 20.4 Å². The van der Waals surface area contributed by atoms with E-state index in [9.17, 15) is 9.59 Å². The van der Waals surface area contributed by atoms with Crippen molar-refractivity contribution in [3.8, 4) is 5.75 Å². The Morgan fingerprint density at radius 2 is 1.96 bits per heavy atom. The van der Waals surface area contributed by atoms with Gasteiger partial charge in [0.2, 0.25) is 11.8 Å². The molecular weight excluding hydrogens is 306 g/mol. The highest BCUT2D eigenvalue weighted by molar-refractivity contribution is 6.09. The monoisotopic (exact) mass is 327 g/mol. The summed E-state index contributed by atoms with van der Waals surface area (Å²) >= 11 is 0. The maximum absolute atomic E-state index is 12.5. The summed E-state index contributed by atoms with van der Waals surface area (Å²) in [6.45, 7) is 3.49. The van der Waals surface area contributed by atoms with Crippen LogP contribution in [0.2, 0.25) is 0 Å². The summed E-state index contributed by atoms with van der Waals surface area (Å²) in [5.74, 6) is -0.113. The van der Waals surface area contributed by atoms with Gasteiger partial charge in [0, 0.05) is 30.7 Å². The molecule has 126 valence electrons. The standard InChI is InChI=1S/C18H21N3O3/c1-18(2,16(22)20-12-13-6-5-9-19-11-13)17(23)21-14-7-4-8-15(10-14)24-3/h4-11H,12H2,1-3H3,(H,20,22)(H,21,23). The number of nitrogens with one attached hydrogen (secondary N) is 2. The molecule has 0 atom stereocenters. The van der Waals surface area contributed by atoms with Gasteiger partial charge in [0.05, 0.1) is 7.11 Å². The van der Waals surface area contributed by atoms with E-state index in [1.165, 1.54) is 0 Å². The molecule has 2 N–H and O–H groups in total. The minimum atomic E-state index is -1.22. The van der Waals surface area contributed by atoms with Crippen molar-refractivity contribution < 1.29 is 14.3 Å². The molecule has 0 unspecified atom stereocenters. The lowest BCUT2D eigenvalue weighted by atomic mass is 9.91. The van der Waals surface area contributed by atoms with E-state index in [0.717, 1.165) is 5.56 Å². The average molecular weight is 327 g/mol. The van der Waals surface area contributed by atoms with Crippen LogP contribution in [0.1, 0.15) is 19.4 Å². The van der Waals surface area contributed by atoms with Crippen molar-refractivity contribution in [3.05, 3.63) is 54.4 Å². The second-order valence-electron chi connectivity index (χ2n) is 5.86. The smallest absolute Gasteiger partial charge is 0.239 e. The predicted octanol–water partition coefficient (Wildman–Crippen LogP) is 2.37. The number of hydrogen-bond donors (Lipinski definition) is 2. The minimum Gasteiger partial charge on any atom is -0.497 e. The molecule has 0 radical (unpaired) electrons. The molecule has 0 fully saturated rings. The third kappa shape index (κ3) is 4.32. The highest BCUT2D eigenvalue weighted by atomic mass is 16.5. The Labute approximate surface area is 141 Å². The van der Waals surface area contributed by atoms with Crippen LogP contribution in [0.15, 0.2) is 48.8 Å². The Hall–Kier alpha value is -2.89. The van der Waals surface area contributed by atoms with Gasteiger partial charge in [-0.25, -0.2) is 0 Å². The molecule has 0 aliphatic heterocycles. The number of amides is 2. The van der Waals surface area contributed by atoms with Gasteiger partial charge < -0.3 is 15.4 Å². The average Bonchev–Trinajstić information content (AvgIpc) is 2.60. The van der Waals surface area contributed by atoms with E-state index in [1.807, 2.05) is 6.07 Å². The number of pyridine rings is 1. The SMILES string of the molecule is COc1cccc(NC(=O)C(C)(C)C(=O)NCc2cccnc2)c1. The number of methoxy groups -OCH3 is 1. The number of hydrogen-bond acceptors (Lipinski definition) is 4. The topological polar surface area (TPSA) is 80.3 Å². The molecule has 0 aliphatic rings. The maximum Gasteiger partial charge on any atom is 0.239 e. The first-order chi connectivity index (χ1) is 11.4. The number of nitrogens with zero attached hydrogens (tertiary/aromatic N) is 1. The summed E-state index contributed by atoms with van der Waals surface area (Å²) in [7, 11) is 1.55. The van der Waals surface area contributed by atoms with Gasteiger partial charge in [0.15, 0.2) is 0 Å². The fraction of sp³-hybridized carbons (Fsp3) is 0.278. The number of benzene rings is 1. The molecule has 0 spiro atoms. The Morgan fingerprint density at radius 3 is 2.62 bits per heavy atom. The van der Waals surface area contributed by atoms with Crippen molar-refractivity contribution in [3.63, 3.8) is 0 Å². The largest absolute Gasteiger partial charge is 0.497 e. The van der Waals surface area contributed by atoms with Crippen LogP contribution in [-0.4, -0.2) is 23.9 Å². The maximum atomic E-state index is 12.5. The van der Waals surface area contributed by atoms with Crippen LogP contribution < -0.4 is 15.4 Å². The van der Waals surface area contributed by atoms with Crippen LogP contribution in [0.3, 0.4) is 0 Å². The zero-order valence-corrected chi connectivity index (χ0v) is 14.0. The van der Waals surface area contributed by atoms with E-state index in [4.69, 9.17) is 4.74 Å². The van der Waals surface area contributed by atoms with Gasteiger partial charge >= 0.3 is 0 Å². The van der Waals surface area contributed by atoms with Gasteiger partial charge in [-0.2, -0.15) is 0 Å². The second kappa shape index (κ2) is 7.59. The van der Waals surface area contributed by atoms with Crippen molar-refractivity contribution in [2.75, 3.05) is 12.4 Å². The molecule has 0 saturated heterocycles. The fourth-order valence-electron chi connectivity index (χ4n) is 2.00. The quantitative estimate of drug-likeness (QED) is 0.798. The summed E-state index contributed by atoms with van der Waals surface area (Å²) < 4.78 is 5.12. The van der Waals surface area contributed by atoms with Gasteiger partial charge in [-0.15, -0.1) is 0 Å². The molecule has 2 rings (SSSR count). The second-order valence-corrected chi connectivity index (χ2v) is 5.86. The Balaban J connectivity index is 1.99. The van der Waals surface area contributed by atoms with E-state index in [2.05, 4.69) is 15.6 Å². The van der Waals surface area contributed by atoms with Crippen molar-refractivity contribution in [1.29, 1.82) is 0 Å². The van der Waals surface area contributed by atoms with E-state index < -0.39 is 5.41 Å². The van der Waals surface area contributed by atoms with Gasteiger partial charge in [0.1, 0.15) is 11.2 Å². The number of anilines is 1. The lowest BCUT2D eigenvalue weighted by molar-refractivity contribution is -0.138. The van der Waals surface area contributed by atoms with Crippen molar-refractivity contribution in [2.24, 2.45) is 5.41 Å². The first-order valence-electron chi connectivity index (χ1n) is 7.56. The molecule has 24 heavy (non-hydrogen) atoms. The van der Waals surface area contributed by atoms with Gasteiger partial charge in [-0.3, -0.25) is 14.6 Å². The molecule has 1 aromatic heterocycles. The van der Waals surface area contributed by atoms with Crippen LogP contribution in [0.5, 0.6) is 5.75 Å². The Kier molecular flexibility index (Phi) is 5.52. The molecular formula is C18H21N3O3. The fourth-order valence-corrected chi connectivity index (χ4v) is 2.00. The minimum absolute atomic E-state index is 0.322. The Morgan fingerprint density at radius 1 is 1.17 bits per heavy atom. The first kappa shape index (κ1) is 17.5. The Bertz CT molecular complexity index is 714.